The van der Waals surface area contributed by atoms with Gasteiger partial charge in [0, 0.05) is 46.2 Å². The molecule has 0 saturated carbocycles. The highest BCUT2D eigenvalue weighted by atomic mass is 16.5. The summed E-state index contributed by atoms with van der Waals surface area (Å²) in [7, 11) is 4.76. The molecule has 26 heavy (non-hydrogen) atoms. The molecule has 7 heteroatoms. The first kappa shape index (κ1) is 23.0. The van der Waals surface area contributed by atoms with Crippen molar-refractivity contribution in [2.75, 3.05) is 27.9 Å². The fourth-order valence-corrected chi connectivity index (χ4v) is 3.35. The Morgan fingerprint density at radius 1 is 1.15 bits per heavy atom. The Hall–Kier alpha value is -0.990. The van der Waals surface area contributed by atoms with Crippen LogP contribution in [0, 0.1) is 5.92 Å². The van der Waals surface area contributed by atoms with Gasteiger partial charge in [0.25, 0.3) is 0 Å². The van der Waals surface area contributed by atoms with E-state index in [0.29, 0.717) is 25.7 Å². The van der Waals surface area contributed by atoms with Gasteiger partial charge >= 0.3 is 5.97 Å². The highest BCUT2D eigenvalue weighted by Crippen LogP contribution is 2.30. The third kappa shape index (κ3) is 7.32. The Morgan fingerprint density at radius 3 is 2.31 bits per heavy atom. The summed E-state index contributed by atoms with van der Waals surface area (Å²) in [6.07, 6.45) is 2.27. The largest absolute Gasteiger partial charge is 0.458 e. The molecule has 0 aromatic rings. The highest BCUT2D eigenvalue weighted by Gasteiger charge is 2.33. The van der Waals surface area contributed by atoms with Gasteiger partial charge in [0.15, 0.2) is 0 Å². The lowest BCUT2D eigenvalue weighted by Gasteiger charge is -2.34. The molecule has 0 bridgehead atoms. The van der Waals surface area contributed by atoms with Crippen LogP contribution in [0.3, 0.4) is 0 Å². The molecule has 6 atom stereocenters. The molecular weight excluding hydrogens is 340 g/mol. The van der Waals surface area contributed by atoms with Crippen molar-refractivity contribution in [2.24, 2.45) is 5.92 Å². The number of carbonyl (C=O) groups is 1. The average Bonchev–Trinajstić information content (AvgIpc) is 2.61. The molecule has 0 radical (unpaired) electrons. The summed E-state index contributed by atoms with van der Waals surface area (Å²) in [4.78, 5) is 12.0. The lowest BCUT2D eigenvalue weighted by Crippen LogP contribution is -2.39. The maximum atomic E-state index is 12.0. The SMILES string of the molecule is COC(CC1=CC(=O)O[C@@H]([C@H](C)[C@@H](C[C@H](CO)OC)OC)C1)C[C@H](C)O. The van der Waals surface area contributed by atoms with E-state index >= 15 is 0 Å². The highest BCUT2D eigenvalue weighted by molar-refractivity contribution is 5.83. The number of hydrogen-bond donors (Lipinski definition) is 2. The van der Waals surface area contributed by atoms with Crippen LogP contribution in [0.25, 0.3) is 0 Å². The topological polar surface area (TPSA) is 94.5 Å². The van der Waals surface area contributed by atoms with E-state index in [1.807, 2.05) is 6.92 Å². The summed E-state index contributed by atoms with van der Waals surface area (Å²) >= 11 is 0. The second kappa shape index (κ2) is 11.7. The van der Waals surface area contributed by atoms with Gasteiger partial charge in [0.05, 0.1) is 31.0 Å². The molecule has 0 aliphatic carbocycles. The van der Waals surface area contributed by atoms with Crippen LogP contribution >= 0.6 is 0 Å². The number of cyclic esters (lactones) is 1. The summed E-state index contributed by atoms with van der Waals surface area (Å²) in [6.45, 7) is 3.60. The maximum Gasteiger partial charge on any atom is 0.330 e. The van der Waals surface area contributed by atoms with Crippen LogP contribution in [0.4, 0.5) is 0 Å². The number of carbonyl (C=O) groups excluding carboxylic acids is 1. The van der Waals surface area contributed by atoms with Gasteiger partial charge in [-0.25, -0.2) is 4.79 Å². The van der Waals surface area contributed by atoms with E-state index in [1.54, 1.807) is 28.3 Å². The predicted octanol–water partition coefficient (Wildman–Crippen LogP) is 1.45. The third-order valence-electron chi connectivity index (χ3n) is 4.99. The Kier molecular flexibility index (Phi) is 10.3. The minimum atomic E-state index is -0.465. The van der Waals surface area contributed by atoms with Gasteiger partial charge in [0.2, 0.25) is 0 Å². The van der Waals surface area contributed by atoms with Crippen molar-refractivity contribution in [1.29, 1.82) is 0 Å². The van der Waals surface area contributed by atoms with E-state index in [9.17, 15) is 15.0 Å². The van der Waals surface area contributed by atoms with Gasteiger partial charge in [0.1, 0.15) is 6.10 Å². The van der Waals surface area contributed by atoms with Gasteiger partial charge in [-0.15, -0.1) is 0 Å². The molecule has 1 rings (SSSR count). The van der Waals surface area contributed by atoms with Gasteiger partial charge in [-0.05, 0) is 19.8 Å². The maximum absolute atomic E-state index is 12.0. The number of esters is 1. The van der Waals surface area contributed by atoms with Crippen molar-refractivity contribution in [2.45, 2.75) is 70.1 Å². The molecule has 1 unspecified atom stereocenters. The Bertz CT molecular complexity index is 445. The van der Waals surface area contributed by atoms with E-state index in [4.69, 9.17) is 18.9 Å². The number of aliphatic hydroxyl groups excluding tert-OH is 2. The summed E-state index contributed by atoms with van der Waals surface area (Å²) in [6, 6.07) is 0. The van der Waals surface area contributed by atoms with Crippen molar-refractivity contribution in [3.05, 3.63) is 11.6 Å². The fourth-order valence-electron chi connectivity index (χ4n) is 3.35. The molecule has 0 saturated heterocycles. The molecule has 0 aromatic carbocycles. The molecule has 1 heterocycles. The van der Waals surface area contributed by atoms with Crippen LogP contribution in [0.2, 0.25) is 0 Å². The van der Waals surface area contributed by atoms with E-state index in [2.05, 4.69) is 0 Å². The van der Waals surface area contributed by atoms with Crippen molar-refractivity contribution in [3.8, 4) is 0 Å². The van der Waals surface area contributed by atoms with Crippen LogP contribution < -0.4 is 0 Å². The Labute approximate surface area is 156 Å². The molecule has 0 aromatic heterocycles. The lowest BCUT2D eigenvalue weighted by atomic mass is 9.87. The number of rotatable bonds is 12. The van der Waals surface area contributed by atoms with E-state index in [0.717, 1.165) is 5.57 Å². The van der Waals surface area contributed by atoms with Gasteiger partial charge in [-0.3, -0.25) is 0 Å². The summed E-state index contributed by atoms with van der Waals surface area (Å²) in [5.41, 5.74) is 0.950. The zero-order chi connectivity index (χ0) is 19.7. The summed E-state index contributed by atoms with van der Waals surface area (Å²) in [5.74, 6) is -0.426. The van der Waals surface area contributed by atoms with Crippen molar-refractivity contribution in [1.82, 2.24) is 0 Å². The van der Waals surface area contributed by atoms with Crippen LogP contribution in [-0.2, 0) is 23.7 Å². The second-order valence-electron chi connectivity index (χ2n) is 7.04. The fraction of sp³-hybridized carbons (Fsp3) is 0.842. The van der Waals surface area contributed by atoms with E-state index in [-0.39, 0.29) is 42.9 Å². The first-order valence-corrected chi connectivity index (χ1v) is 9.11. The molecule has 0 fully saturated rings. The third-order valence-corrected chi connectivity index (χ3v) is 4.99. The normalized spacial score (nSPS) is 23.6. The number of methoxy groups -OCH3 is 3. The molecule has 1 aliphatic rings. The first-order valence-electron chi connectivity index (χ1n) is 9.11. The lowest BCUT2D eigenvalue weighted by molar-refractivity contribution is -0.151. The molecule has 0 amide bonds. The van der Waals surface area contributed by atoms with Crippen LogP contribution in [0.15, 0.2) is 11.6 Å². The minimum Gasteiger partial charge on any atom is -0.458 e. The van der Waals surface area contributed by atoms with Crippen molar-refractivity contribution >= 4 is 5.97 Å². The van der Waals surface area contributed by atoms with Crippen molar-refractivity contribution < 1.29 is 34.0 Å². The smallest absolute Gasteiger partial charge is 0.330 e. The van der Waals surface area contributed by atoms with Gasteiger partial charge < -0.3 is 29.2 Å². The Balaban J connectivity index is 2.75. The van der Waals surface area contributed by atoms with Gasteiger partial charge in [-0.2, -0.15) is 0 Å². The molecule has 1 aliphatic heterocycles. The van der Waals surface area contributed by atoms with Crippen LogP contribution in [-0.4, -0.2) is 74.6 Å². The standard InChI is InChI=1S/C19H34O7/c1-12(21)6-15(23-3)7-14-8-18(26-19(22)9-14)13(2)17(25-5)10-16(11-20)24-4/h9,12-13,15-18,20-21H,6-8,10-11H2,1-5H3/t12-,13+,15?,16+,17+,18+/m0/s1. The average molecular weight is 374 g/mol. The number of ether oxygens (including phenoxy) is 4. The molecule has 7 nitrogen and oxygen atoms in total. The Morgan fingerprint density at radius 2 is 1.81 bits per heavy atom. The van der Waals surface area contributed by atoms with E-state index < -0.39 is 6.10 Å². The van der Waals surface area contributed by atoms with E-state index in [1.165, 1.54) is 6.08 Å². The quantitative estimate of drug-likeness (QED) is 0.499. The van der Waals surface area contributed by atoms with Crippen LogP contribution in [0.5, 0.6) is 0 Å². The second-order valence-corrected chi connectivity index (χ2v) is 7.04. The van der Waals surface area contributed by atoms with Crippen molar-refractivity contribution in [3.63, 3.8) is 0 Å². The zero-order valence-electron chi connectivity index (χ0n) is 16.5. The summed E-state index contributed by atoms with van der Waals surface area (Å²) in [5, 5.41) is 18.9. The van der Waals surface area contributed by atoms with Gasteiger partial charge in [-0.1, -0.05) is 12.5 Å². The molecule has 152 valence electrons. The number of aliphatic hydroxyl groups is 2. The van der Waals surface area contributed by atoms with Crippen LogP contribution in [0.1, 0.15) is 39.5 Å². The number of hydrogen-bond acceptors (Lipinski definition) is 7. The monoisotopic (exact) mass is 374 g/mol. The first-order chi connectivity index (χ1) is 12.3. The summed E-state index contributed by atoms with van der Waals surface area (Å²) < 4.78 is 21.7. The minimum absolute atomic E-state index is 0.0605. The molecular formula is C19H34O7. The molecule has 2 N–H and O–H groups in total. The molecule has 0 spiro atoms. The zero-order valence-corrected chi connectivity index (χ0v) is 16.5. The predicted molar refractivity (Wildman–Crippen MR) is 96.8 cm³/mol.